The summed E-state index contributed by atoms with van der Waals surface area (Å²) < 4.78 is 5.28. The predicted octanol–water partition coefficient (Wildman–Crippen LogP) is 2.93. The summed E-state index contributed by atoms with van der Waals surface area (Å²) in [6.07, 6.45) is 0.124. The predicted molar refractivity (Wildman–Crippen MR) is 110 cm³/mol. The van der Waals surface area contributed by atoms with Gasteiger partial charge in [0.2, 0.25) is 5.91 Å². The molecule has 4 rings (SSSR count). The van der Waals surface area contributed by atoms with Crippen LogP contribution >= 0.6 is 0 Å². The standard InChI is InChI=1S/C22H19N3O4/c26-20(24-17-7-8-19-18(12-17)25-21(27)13-29-19)9-10-23-22(28)16-6-5-14-3-1-2-4-15(14)11-16/h1-8,11-12H,9-10,13H2,(H,23,28)(H,24,26)(H,25,27). The first-order valence-corrected chi connectivity index (χ1v) is 9.22. The minimum atomic E-state index is -0.244. The van der Waals surface area contributed by atoms with Crippen LogP contribution in [0.4, 0.5) is 11.4 Å². The van der Waals surface area contributed by atoms with E-state index in [9.17, 15) is 14.4 Å². The van der Waals surface area contributed by atoms with Crippen molar-refractivity contribution in [1.82, 2.24) is 5.32 Å². The van der Waals surface area contributed by atoms with Gasteiger partial charge in [-0.05, 0) is 41.1 Å². The molecule has 1 aliphatic heterocycles. The van der Waals surface area contributed by atoms with Crippen LogP contribution in [-0.2, 0) is 9.59 Å². The molecule has 0 aromatic heterocycles. The maximum atomic E-state index is 12.3. The van der Waals surface area contributed by atoms with Crippen LogP contribution in [0.25, 0.3) is 10.8 Å². The molecular formula is C22H19N3O4. The normalized spacial score (nSPS) is 12.5. The SMILES string of the molecule is O=C(CCNC(=O)c1ccc2ccccc2c1)Nc1ccc2c(c1)NC(=O)CO2. The number of nitrogens with one attached hydrogen (secondary N) is 3. The molecule has 3 aromatic rings. The molecule has 0 fully saturated rings. The van der Waals surface area contributed by atoms with Crippen molar-refractivity contribution in [3.8, 4) is 5.75 Å². The Hall–Kier alpha value is -3.87. The lowest BCUT2D eigenvalue weighted by Crippen LogP contribution is -2.28. The summed E-state index contributed by atoms with van der Waals surface area (Å²) >= 11 is 0. The third kappa shape index (κ3) is 4.35. The molecule has 0 radical (unpaired) electrons. The lowest BCUT2D eigenvalue weighted by atomic mass is 10.1. The summed E-state index contributed by atoms with van der Waals surface area (Å²) in [6, 6.07) is 18.3. The third-order valence-corrected chi connectivity index (χ3v) is 4.55. The van der Waals surface area contributed by atoms with Gasteiger partial charge in [-0.15, -0.1) is 0 Å². The maximum absolute atomic E-state index is 12.3. The molecular weight excluding hydrogens is 370 g/mol. The van der Waals surface area contributed by atoms with Crippen LogP contribution in [0, 0.1) is 0 Å². The smallest absolute Gasteiger partial charge is 0.262 e. The molecule has 0 saturated carbocycles. The van der Waals surface area contributed by atoms with E-state index in [4.69, 9.17) is 4.74 Å². The van der Waals surface area contributed by atoms with E-state index in [1.54, 1.807) is 24.3 Å². The lowest BCUT2D eigenvalue weighted by molar-refractivity contribution is -0.118. The largest absolute Gasteiger partial charge is 0.482 e. The zero-order valence-electron chi connectivity index (χ0n) is 15.5. The number of anilines is 2. The molecule has 1 heterocycles. The molecule has 7 nitrogen and oxygen atoms in total. The van der Waals surface area contributed by atoms with Crippen LogP contribution in [0.2, 0.25) is 0 Å². The number of amides is 3. The number of carbonyl (C=O) groups is 3. The van der Waals surface area contributed by atoms with Gasteiger partial charge in [0.05, 0.1) is 5.69 Å². The molecule has 3 amide bonds. The summed E-state index contributed by atoms with van der Waals surface area (Å²) in [5.41, 5.74) is 1.61. The number of rotatable bonds is 5. The topological polar surface area (TPSA) is 96.5 Å². The van der Waals surface area contributed by atoms with Crippen molar-refractivity contribution >= 4 is 39.9 Å². The van der Waals surface area contributed by atoms with E-state index in [0.717, 1.165) is 10.8 Å². The van der Waals surface area contributed by atoms with Crippen LogP contribution in [0.15, 0.2) is 60.7 Å². The molecule has 0 unspecified atom stereocenters. The monoisotopic (exact) mass is 389 g/mol. The molecule has 7 heteroatoms. The first-order valence-electron chi connectivity index (χ1n) is 9.22. The minimum absolute atomic E-state index is 0.0182. The van der Waals surface area contributed by atoms with Gasteiger partial charge in [-0.3, -0.25) is 14.4 Å². The molecule has 0 atom stereocenters. The van der Waals surface area contributed by atoms with E-state index in [1.807, 2.05) is 36.4 Å². The van der Waals surface area contributed by atoms with Crippen molar-refractivity contribution in [2.45, 2.75) is 6.42 Å². The first-order chi connectivity index (χ1) is 14.1. The fraction of sp³-hybridized carbons (Fsp3) is 0.136. The molecule has 29 heavy (non-hydrogen) atoms. The summed E-state index contributed by atoms with van der Waals surface area (Å²) in [7, 11) is 0. The van der Waals surface area contributed by atoms with Crippen LogP contribution in [0.5, 0.6) is 5.75 Å². The van der Waals surface area contributed by atoms with Crippen molar-refractivity contribution in [1.29, 1.82) is 0 Å². The van der Waals surface area contributed by atoms with Crippen LogP contribution in [0.1, 0.15) is 16.8 Å². The van der Waals surface area contributed by atoms with Crippen LogP contribution in [0.3, 0.4) is 0 Å². The summed E-state index contributed by atoms with van der Waals surface area (Å²) in [6.45, 7) is 0.192. The van der Waals surface area contributed by atoms with Crippen molar-refractivity contribution in [2.24, 2.45) is 0 Å². The number of fused-ring (bicyclic) bond motifs is 2. The average Bonchev–Trinajstić information content (AvgIpc) is 2.73. The second kappa shape index (κ2) is 8.02. The van der Waals surface area contributed by atoms with E-state index < -0.39 is 0 Å². The van der Waals surface area contributed by atoms with Crippen molar-refractivity contribution < 1.29 is 19.1 Å². The highest BCUT2D eigenvalue weighted by molar-refractivity contribution is 5.99. The van der Waals surface area contributed by atoms with Crippen molar-refractivity contribution in [3.05, 3.63) is 66.2 Å². The molecule has 3 N–H and O–H groups in total. The fourth-order valence-corrected chi connectivity index (χ4v) is 3.11. The number of benzene rings is 3. The van der Waals surface area contributed by atoms with E-state index in [0.29, 0.717) is 22.7 Å². The number of hydrogen-bond acceptors (Lipinski definition) is 4. The first kappa shape index (κ1) is 18.5. The average molecular weight is 389 g/mol. The number of ether oxygens (including phenoxy) is 1. The Bertz CT molecular complexity index is 1110. The van der Waals surface area contributed by atoms with E-state index in [-0.39, 0.29) is 37.3 Å². The highest BCUT2D eigenvalue weighted by atomic mass is 16.5. The molecule has 1 aliphatic rings. The van der Waals surface area contributed by atoms with E-state index in [2.05, 4.69) is 16.0 Å². The van der Waals surface area contributed by atoms with Gasteiger partial charge in [-0.25, -0.2) is 0 Å². The quantitative estimate of drug-likeness (QED) is 0.625. The second-order valence-corrected chi connectivity index (χ2v) is 6.66. The lowest BCUT2D eigenvalue weighted by Gasteiger charge is -2.18. The Kier molecular flexibility index (Phi) is 5.11. The minimum Gasteiger partial charge on any atom is -0.482 e. The van der Waals surface area contributed by atoms with Gasteiger partial charge in [0.1, 0.15) is 5.75 Å². The van der Waals surface area contributed by atoms with Gasteiger partial charge in [0.15, 0.2) is 6.61 Å². The van der Waals surface area contributed by atoms with E-state index in [1.165, 1.54) is 0 Å². The van der Waals surface area contributed by atoms with Gasteiger partial charge in [-0.1, -0.05) is 30.3 Å². The Morgan fingerprint density at radius 3 is 2.69 bits per heavy atom. The van der Waals surface area contributed by atoms with Crippen molar-refractivity contribution in [3.63, 3.8) is 0 Å². The molecule has 0 aliphatic carbocycles. The highest BCUT2D eigenvalue weighted by Gasteiger charge is 2.16. The summed E-state index contributed by atoms with van der Waals surface area (Å²) in [5, 5.41) is 10.2. The van der Waals surface area contributed by atoms with Gasteiger partial charge in [0.25, 0.3) is 11.8 Å². The van der Waals surface area contributed by atoms with Gasteiger partial charge < -0.3 is 20.7 Å². The Morgan fingerprint density at radius 2 is 1.83 bits per heavy atom. The Balaban J connectivity index is 1.30. The summed E-state index contributed by atoms with van der Waals surface area (Å²) in [4.78, 5) is 35.9. The Labute approximate surface area is 167 Å². The van der Waals surface area contributed by atoms with Gasteiger partial charge >= 0.3 is 0 Å². The molecule has 3 aromatic carbocycles. The van der Waals surface area contributed by atoms with Gasteiger partial charge in [0, 0.05) is 24.2 Å². The third-order valence-electron chi connectivity index (χ3n) is 4.55. The van der Waals surface area contributed by atoms with Crippen LogP contribution in [-0.4, -0.2) is 30.9 Å². The van der Waals surface area contributed by atoms with Gasteiger partial charge in [-0.2, -0.15) is 0 Å². The maximum Gasteiger partial charge on any atom is 0.262 e. The molecule has 0 spiro atoms. The second-order valence-electron chi connectivity index (χ2n) is 6.66. The Morgan fingerprint density at radius 1 is 1.00 bits per heavy atom. The number of hydrogen-bond donors (Lipinski definition) is 3. The fourth-order valence-electron chi connectivity index (χ4n) is 3.11. The summed E-state index contributed by atoms with van der Waals surface area (Å²) in [5.74, 6) is -0.147. The molecule has 0 bridgehead atoms. The number of carbonyl (C=O) groups excluding carboxylic acids is 3. The van der Waals surface area contributed by atoms with Crippen LogP contribution < -0.4 is 20.7 Å². The zero-order valence-corrected chi connectivity index (χ0v) is 15.5. The molecule has 146 valence electrons. The zero-order chi connectivity index (χ0) is 20.2. The van der Waals surface area contributed by atoms with Crippen molar-refractivity contribution in [2.75, 3.05) is 23.8 Å². The highest BCUT2D eigenvalue weighted by Crippen LogP contribution is 2.30. The van der Waals surface area contributed by atoms with E-state index >= 15 is 0 Å². The molecule has 0 saturated heterocycles.